The molecule has 0 radical (unpaired) electrons. The van der Waals surface area contributed by atoms with Crippen molar-refractivity contribution >= 4 is 38.8 Å². The average molecular weight is 435 g/mol. The van der Waals surface area contributed by atoms with Gasteiger partial charge < -0.3 is 14.7 Å². The molecule has 0 spiro atoms. The van der Waals surface area contributed by atoms with E-state index in [0.29, 0.717) is 5.91 Å². The van der Waals surface area contributed by atoms with E-state index in [9.17, 15) is 4.79 Å². The van der Waals surface area contributed by atoms with Crippen molar-refractivity contribution in [2.45, 2.75) is 26.7 Å². The van der Waals surface area contributed by atoms with Gasteiger partial charge in [-0.25, -0.2) is 4.98 Å². The molecular weight excluding hydrogens is 404 g/mol. The maximum absolute atomic E-state index is 13.2. The highest BCUT2D eigenvalue weighted by Crippen LogP contribution is 2.32. The summed E-state index contributed by atoms with van der Waals surface area (Å²) in [6.45, 7) is 9.64. The highest BCUT2D eigenvalue weighted by atomic mass is 32.1. The molecule has 2 aliphatic rings. The minimum atomic E-state index is 0.144. The largest absolute Gasteiger partial charge is 0.368 e. The van der Waals surface area contributed by atoms with E-state index in [1.165, 1.54) is 26.9 Å². The first-order valence-electron chi connectivity index (χ1n) is 11.3. The molecule has 0 aliphatic carbocycles. The Bertz CT molecular complexity index is 1080. The van der Waals surface area contributed by atoms with Crippen LogP contribution in [0.15, 0.2) is 41.9 Å². The SMILES string of the molecule is Cc1cccc(N2CCN(C(=O)C3CCN(c4nccc5sccc45)CC3)CC2)c1C. The van der Waals surface area contributed by atoms with Gasteiger partial charge >= 0.3 is 0 Å². The molecule has 0 saturated carbocycles. The van der Waals surface area contributed by atoms with Crippen LogP contribution in [-0.2, 0) is 4.79 Å². The first kappa shape index (κ1) is 20.3. The molecular formula is C25H30N4OS. The Morgan fingerprint density at radius 2 is 1.74 bits per heavy atom. The lowest BCUT2D eigenvalue weighted by Crippen LogP contribution is -2.52. The Balaban J connectivity index is 1.18. The van der Waals surface area contributed by atoms with Crippen molar-refractivity contribution in [3.63, 3.8) is 0 Å². The summed E-state index contributed by atoms with van der Waals surface area (Å²) in [6.07, 6.45) is 3.73. The Morgan fingerprint density at radius 1 is 0.968 bits per heavy atom. The molecule has 0 bridgehead atoms. The summed E-state index contributed by atoms with van der Waals surface area (Å²) in [4.78, 5) is 24.7. The first-order valence-corrected chi connectivity index (χ1v) is 12.2. The maximum atomic E-state index is 13.2. The number of thiophene rings is 1. The number of hydrogen-bond acceptors (Lipinski definition) is 5. The molecule has 5 nitrogen and oxygen atoms in total. The standard InChI is InChI=1S/C25H30N4OS/c1-18-4-3-5-22(19(18)2)27-13-15-29(16-14-27)25(30)20-7-11-28(12-8-20)24-21-9-17-31-23(21)6-10-26-24/h3-6,9-10,17,20H,7-8,11-16H2,1-2H3. The number of rotatable bonds is 3. The molecule has 2 aromatic heterocycles. The van der Waals surface area contributed by atoms with Gasteiger partial charge in [-0.1, -0.05) is 12.1 Å². The third kappa shape index (κ3) is 3.89. The van der Waals surface area contributed by atoms with Crippen LogP contribution < -0.4 is 9.80 Å². The Kier molecular flexibility index (Phi) is 5.57. The highest BCUT2D eigenvalue weighted by molar-refractivity contribution is 7.17. The monoisotopic (exact) mass is 434 g/mol. The predicted octanol–water partition coefficient (Wildman–Crippen LogP) is 4.48. The first-order chi connectivity index (χ1) is 15.1. The topological polar surface area (TPSA) is 39.7 Å². The third-order valence-corrected chi connectivity index (χ3v) is 7.89. The van der Waals surface area contributed by atoms with Gasteiger partial charge in [0.25, 0.3) is 0 Å². The number of piperidine rings is 1. The number of carbonyl (C=O) groups is 1. The minimum absolute atomic E-state index is 0.144. The molecule has 3 aromatic rings. The van der Waals surface area contributed by atoms with Gasteiger partial charge in [0.1, 0.15) is 5.82 Å². The molecule has 5 rings (SSSR count). The fourth-order valence-electron chi connectivity index (χ4n) is 4.97. The predicted molar refractivity (Wildman–Crippen MR) is 129 cm³/mol. The molecule has 31 heavy (non-hydrogen) atoms. The van der Waals surface area contributed by atoms with E-state index in [2.05, 4.69) is 69.2 Å². The molecule has 2 fully saturated rings. The van der Waals surface area contributed by atoms with E-state index in [-0.39, 0.29) is 5.92 Å². The Labute approximate surface area is 188 Å². The lowest BCUT2D eigenvalue weighted by molar-refractivity contribution is -0.136. The lowest BCUT2D eigenvalue weighted by atomic mass is 9.94. The lowest BCUT2D eigenvalue weighted by Gasteiger charge is -2.40. The molecule has 1 amide bonds. The van der Waals surface area contributed by atoms with Gasteiger partial charge in [0.15, 0.2) is 0 Å². The van der Waals surface area contributed by atoms with Gasteiger partial charge in [0, 0.05) is 67.2 Å². The molecule has 0 N–H and O–H groups in total. The van der Waals surface area contributed by atoms with Crippen LogP contribution in [0, 0.1) is 19.8 Å². The van der Waals surface area contributed by atoms with E-state index in [4.69, 9.17) is 0 Å². The number of hydrogen-bond donors (Lipinski definition) is 0. The number of nitrogens with zero attached hydrogens (tertiary/aromatic N) is 4. The minimum Gasteiger partial charge on any atom is -0.368 e. The second-order valence-corrected chi connectivity index (χ2v) is 9.71. The van der Waals surface area contributed by atoms with E-state index in [1.807, 2.05) is 6.20 Å². The number of carbonyl (C=O) groups excluding carboxylic acids is 1. The van der Waals surface area contributed by atoms with E-state index in [0.717, 1.165) is 57.9 Å². The van der Waals surface area contributed by atoms with Crippen molar-refractivity contribution in [2.24, 2.45) is 5.92 Å². The molecule has 1 aromatic carbocycles. The van der Waals surface area contributed by atoms with Crippen LogP contribution in [0.1, 0.15) is 24.0 Å². The molecule has 2 saturated heterocycles. The van der Waals surface area contributed by atoms with E-state index < -0.39 is 0 Å². The third-order valence-electron chi connectivity index (χ3n) is 7.01. The van der Waals surface area contributed by atoms with E-state index >= 15 is 0 Å². The summed E-state index contributed by atoms with van der Waals surface area (Å²) in [7, 11) is 0. The van der Waals surface area contributed by atoms with Gasteiger partial charge in [0.05, 0.1) is 0 Å². The number of piperazine rings is 1. The number of fused-ring (bicyclic) bond motifs is 1. The average Bonchev–Trinajstić information content (AvgIpc) is 3.30. The van der Waals surface area contributed by atoms with Crippen molar-refractivity contribution < 1.29 is 4.79 Å². The quantitative estimate of drug-likeness (QED) is 0.609. The van der Waals surface area contributed by atoms with Crippen LogP contribution in [0.4, 0.5) is 11.5 Å². The van der Waals surface area contributed by atoms with Gasteiger partial charge in [-0.3, -0.25) is 4.79 Å². The van der Waals surface area contributed by atoms with Crippen molar-refractivity contribution in [2.75, 3.05) is 49.1 Å². The van der Waals surface area contributed by atoms with E-state index in [1.54, 1.807) is 11.3 Å². The summed E-state index contributed by atoms with van der Waals surface area (Å²) in [5.74, 6) is 1.57. The molecule has 162 valence electrons. The summed E-state index contributed by atoms with van der Waals surface area (Å²) in [6, 6.07) is 10.7. The van der Waals surface area contributed by atoms with Crippen LogP contribution in [0.25, 0.3) is 10.1 Å². The highest BCUT2D eigenvalue weighted by Gasteiger charge is 2.31. The summed E-state index contributed by atoms with van der Waals surface area (Å²) >= 11 is 1.76. The summed E-state index contributed by atoms with van der Waals surface area (Å²) in [5.41, 5.74) is 4.00. The normalized spacial score (nSPS) is 18.1. The number of aryl methyl sites for hydroxylation is 1. The van der Waals surface area contributed by atoms with Gasteiger partial charge in [-0.15, -0.1) is 11.3 Å². The molecule has 0 atom stereocenters. The van der Waals surface area contributed by atoms with Crippen LogP contribution in [-0.4, -0.2) is 55.1 Å². The zero-order valence-corrected chi connectivity index (χ0v) is 19.2. The summed E-state index contributed by atoms with van der Waals surface area (Å²) in [5, 5.41) is 3.36. The molecule has 0 unspecified atom stereocenters. The fourth-order valence-corrected chi connectivity index (χ4v) is 5.75. The second-order valence-electron chi connectivity index (χ2n) is 8.76. The van der Waals surface area contributed by atoms with Gasteiger partial charge in [-0.05, 0) is 61.4 Å². The molecule has 4 heterocycles. The van der Waals surface area contributed by atoms with Crippen LogP contribution >= 0.6 is 11.3 Å². The maximum Gasteiger partial charge on any atom is 0.225 e. The van der Waals surface area contributed by atoms with Gasteiger partial charge in [-0.2, -0.15) is 0 Å². The van der Waals surface area contributed by atoms with Crippen LogP contribution in [0.3, 0.4) is 0 Å². The number of pyridine rings is 1. The number of amides is 1. The summed E-state index contributed by atoms with van der Waals surface area (Å²) < 4.78 is 1.28. The Hall–Kier alpha value is -2.60. The zero-order chi connectivity index (χ0) is 21.4. The smallest absolute Gasteiger partial charge is 0.225 e. The van der Waals surface area contributed by atoms with Crippen molar-refractivity contribution in [3.8, 4) is 0 Å². The van der Waals surface area contributed by atoms with Crippen LogP contribution in [0.5, 0.6) is 0 Å². The van der Waals surface area contributed by atoms with Crippen molar-refractivity contribution in [1.82, 2.24) is 9.88 Å². The molecule has 2 aliphatic heterocycles. The Morgan fingerprint density at radius 3 is 2.52 bits per heavy atom. The number of anilines is 2. The van der Waals surface area contributed by atoms with Crippen LogP contribution in [0.2, 0.25) is 0 Å². The van der Waals surface area contributed by atoms with Crippen molar-refractivity contribution in [3.05, 3.63) is 53.0 Å². The fraction of sp³-hybridized carbons (Fsp3) is 0.440. The molecule has 6 heteroatoms. The van der Waals surface area contributed by atoms with Gasteiger partial charge in [0.2, 0.25) is 5.91 Å². The van der Waals surface area contributed by atoms with Crippen molar-refractivity contribution in [1.29, 1.82) is 0 Å². The zero-order valence-electron chi connectivity index (χ0n) is 18.4. The number of benzene rings is 1. The number of aromatic nitrogens is 1. The second kappa shape index (κ2) is 8.50.